The second kappa shape index (κ2) is 8.23. The molecular weight excluding hydrogens is 320 g/mol. The Morgan fingerprint density at radius 3 is 2.50 bits per heavy atom. The van der Waals surface area contributed by atoms with Gasteiger partial charge in [-0.3, -0.25) is 0 Å². The van der Waals surface area contributed by atoms with E-state index in [1.807, 2.05) is 0 Å². The van der Waals surface area contributed by atoms with Crippen molar-refractivity contribution in [2.45, 2.75) is 45.4 Å². The molecule has 0 N–H and O–H groups in total. The van der Waals surface area contributed by atoms with Gasteiger partial charge in [0.2, 0.25) is 0 Å². The van der Waals surface area contributed by atoms with Crippen molar-refractivity contribution in [1.82, 2.24) is 0 Å². The lowest BCUT2D eigenvalue weighted by molar-refractivity contribution is -0.275. The molecule has 0 heterocycles. The van der Waals surface area contributed by atoms with Crippen molar-refractivity contribution in [3.8, 4) is 17.6 Å². The van der Waals surface area contributed by atoms with E-state index in [1.165, 1.54) is 25.3 Å². The summed E-state index contributed by atoms with van der Waals surface area (Å²) in [5.41, 5.74) is 0.307. The van der Waals surface area contributed by atoms with Gasteiger partial charge in [0, 0.05) is 5.56 Å². The third kappa shape index (κ3) is 5.92. The maximum absolute atomic E-state index is 13.5. The van der Waals surface area contributed by atoms with Crippen LogP contribution in [0, 0.1) is 29.5 Å². The molecule has 1 fully saturated rings. The molecule has 0 amide bonds. The molecule has 1 aromatic carbocycles. The number of halogens is 4. The Bertz CT molecular complexity index is 629. The van der Waals surface area contributed by atoms with Gasteiger partial charge in [-0.2, -0.15) is 0 Å². The molecule has 2 rings (SSSR count). The van der Waals surface area contributed by atoms with Crippen LogP contribution in [0.2, 0.25) is 0 Å². The van der Waals surface area contributed by atoms with Crippen LogP contribution >= 0.6 is 0 Å². The zero-order valence-electron chi connectivity index (χ0n) is 13.5. The van der Waals surface area contributed by atoms with Gasteiger partial charge in [0.05, 0.1) is 0 Å². The first-order chi connectivity index (χ1) is 11.4. The van der Waals surface area contributed by atoms with E-state index in [4.69, 9.17) is 0 Å². The average Bonchev–Trinajstić information content (AvgIpc) is 2.53. The molecule has 5 heteroatoms. The molecule has 1 aromatic rings. The molecular formula is C19H20F4O. The number of hydrogen-bond acceptors (Lipinski definition) is 1. The van der Waals surface area contributed by atoms with Crippen molar-refractivity contribution in [2.24, 2.45) is 11.8 Å². The largest absolute Gasteiger partial charge is 0.573 e. The smallest absolute Gasteiger partial charge is 0.403 e. The zero-order chi connectivity index (χ0) is 17.6. The number of benzene rings is 1. The van der Waals surface area contributed by atoms with Crippen molar-refractivity contribution >= 4 is 0 Å². The summed E-state index contributed by atoms with van der Waals surface area (Å²) in [5.74, 6) is 4.96. The predicted molar refractivity (Wildman–Crippen MR) is 84.8 cm³/mol. The molecule has 130 valence electrons. The van der Waals surface area contributed by atoms with Gasteiger partial charge in [-0.15, -0.1) is 13.2 Å². The van der Waals surface area contributed by atoms with Crippen molar-refractivity contribution in [3.05, 3.63) is 41.7 Å². The van der Waals surface area contributed by atoms with Crippen LogP contribution in [0.3, 0.4) is 0 Å². The monoisotopic (exact) mass is 340 g/mol. The Labute approximate surface area is 139 Å². The van der Waals surface area contributed by atoms with Gasteiger partial charge in [0.1, 0.15) is 0 Å². The quantitative estimate of drug-likeness (QED) is 0.495. The zero-order valence-corrected chi connectivity index (χ0v) is 13.5. The third-order valence-electron chi connectivity index (χ3n) is 4.29. The first-order valence-corrected chi connectivity index (χ1v) is 8.11. The number of ether oxygens (including phenoxy) is 1. The highest BCUT2D eigenvalue weighted by atomic mass is 19.4. The molecule has 1 aliphatic carbocycles. The van der Waals surface area contributed by atoms with Crippen LogP contribution in [0.25, 0.3) is 0 Å². The molecule has 0 bridgehead atoms. The van der Waals surface area contributed by atoms with Gasteiger partial charge >= 0.3 is 6.36 Å². The molecule has 0 aliphatic heterocycles. The third-order valence-corrected chi connectivity index (χ3v) is 4.29. The average molecular weight is 340 g/mol. The van der Waals surface area contributed by atoms with Crippen molar-refractivity contribution in [2.75, 3.05) is 0 Å². The van der Waals surface area contributed by atoms with E-state index in [0.29, 0.717) is 11.5 Å². The minimum absolute atomic E-state index is 0.307. The maximum atomic E-state index is 13.5. The number of hydrogen-bond donors (Lipinski definition) is 0. The van der Waals surface area contributed by atoms with E-state index in [-0.39, 0.29) is 0 Å². The minimum Gasteiger partial charge on any atom is -0.403 e. The van der Waals surface area contributed by atoms with Gasteiger partial charge in [0.25, 0.3) is 0 Å². The van der Waals surface area contributed by atoms with Crippen LogP contribution in [-0.4, -0.2) is 6.36 Å². The van der Waals surface area contributed by atoms with Gasteiger partial charge in [-0.1, -0.05) is 31.3 Å². The summed E-state index contributed by atoms with van der Waals surface area (Å²) < 4.78 is 53.3. The molecule has 0 aromatic heterocycles. The van der Waals surface area contributed by atoms with Crippen LogP contribution in [0.4, 0.5) is 17.6 Å². The first kappa shape index (κ1) is 18.4. The first-order valence-electron chi connectivity index (χ1n) is 8.11. The van der Waals surface area contributed by atoms with Gasteiger partial charge in [0.15, 0.2) is 11.6 Å². The SMILES string of the molecule is CC[C@H]1CC[C@H](/C=C/C#Cc2ccc(OC(F)(F)F)c(F)c2)CC1. The highest BCUT2D eigenvalue weighted by Crippen LogP contribution is 2.31. The number of allylic oxidation sites excluding steroid dienone is 2. The molecule has 0 saturated heterocycles. The van der Waals surface area contributed by atoms with Crippen molar-refractivity contribution in [1.29, 1.82) is 0 Å². The van der Waals surface area contributed by atoms with E-state index in [9.17, 15) is 17.6 Å². The highest BCUT2D eigenvalue weighted by molar-refractivity contribution is 5.41. The van der Waals surface area contributed by atoms with Gasteiger partial charge < -0.3 is 4.74 Å². The normalized spacial score (nSPS) is 21.4. The second-order valence-electron chi connectivity index (χ2n) is 6.01. The fraction of sp³-hybridized carbons (Fsp3) is 0.474. The standard InChI is InChI=1S/C19H20F4O/c1-2-14-7-9-15(10-8-14)5-3-4-6-16-11-12-18(17(20)13-16)24-19(21,22)23/h3,5,11-15H,2,7-10H2,1H3/b5-3+/t14-,15-. The summed E-state index contributed by atoms with van der Waals surface area (Å²) in [7, 11) is 0. The lowest BCUT2D eigenvalue weighted by atomic mass is 9.81. The maximum Gasteiger partial charge on any atom is 0.573 e. The van der Waals surface area contributed by atoms with E-state index >= 15 is 0 Å². The van der Waals surface area contributed by atoms with Crippen molar-refractivity contribution < 1.29 is 22.3 Å². The Balaban J connectivity index is 1.91. The molecule has 1 aliphatic rings. The van der Waals surface area contributed by atoms with Crippen LogP contribution in [-0.2, 0) is 0 Å². The Hall–Kier alpha value is -1.96. The molecule has 0 radical (unpaired) electrons. The number of rotatable bonds is 3. The second-order valence-corrected chi connectivity index (χ2v) is 6.01. The van der Waals surface area contributed by atoms with Crippen LogP contribution < -0.4 is 4.74 Å². The molecule has 0 atom stereocenters. The van der Waals surface area contributed by atoms with Crippen LogP contribution in [0.5, 0.6) is 5.75 Å². The lowest BCUT2D eigenvalue weighted by Crippen LogP contribution is -2.17. The Kier molecular flexibility index (Phi) is 6.30. The summed E-state index contributed by atoms with van der Waals surface area (Å²) in [6, 6.07) is 3.17. The van der Waals surface area contributed by atoms with Crippen molar-refractivity contribution in [3.63, 3.8) is 0 Å². The van der Waals surface area contributed by atoms with E-state index in [1.54, 1.807) is 6.08 Å². The lowest BCUT2D eigenvalue weighted by Gasteiger charge is -2.25. The van der Waals surface area contributed by atoms with Gasteiger partial charge in [-0.25, -0.2) is 4.39 Å². The fourth-order valence-electron chi connectivity index (χ4n) is 2.88. The molecule has 24 heavy (non-hydrogen) atoms. The van der Waals surface area contributed by atoms with E-state index in [2.05, 4.69) is 29.6 Å². The summed E-state index contributed by atoms with van der Waals surface area (Å²) in [6.07, 6.45) is 4.94. The number of alkyl halides is 3. The molecule has 1 nitrogen and oxygen atoms in total. The van der Waals surface area contributed by atoms with E-state index < -0.39 is 17.9 Å². The highest BCUT2D eigenvalue weighted by Gasteiger charge is 2.32. The van der Waals surface area contributed by atoms with Crippen LogP contribution in [0.1, 0.15) is 44.6 Å². The molecule has 1 saturated carbocycles. The topological polar surface area (TPSA) is 9.23 Å². The van der Waals surface area contributed by atoms with Gasteiger partial charge in [-0.05, 0) is 61.8 Å². The molecule has 0 spiro atoms. The Morgan fingerprint density at radius 2 is 1.92 bits per heavy atom. The summed E-state index contributed by atoms with van der Waals surface area (Å²) in [6.45, 7) is 2.22. The summed E-state index contributed by atoms with van der Waals surface area (Å²) >= 11 is 0. The Morgan fingerprint density at radius 1 is 1.21 bits per heavy atom. The summed E-state index contributed by atoms with van der Waals surface area (Å²) in [5, 5.41) is 0. The van der Waals surface area contributed by atoms with E-state index in [0.717, 1.165) is 30.9 Å². The van der Waals surface area contributed by atoms with Crippen LogP contribution in [0.15, 0.2) is 30.4 Å². The minimum atomic E-state index is -4.91. The summed E-state index contributed by atoms with van der Waals surface area (Å²) in [4.78, 5) is 0. The predicted octanol–water partition coefficient (Wildman–Crippen LogP) is 5.85. The molecule has 0 unspecified atom stereocenters. The fourth-order valence-corrected chi connectivity index (χ4v) is 2.88.